The minimum Gasteiger partial charge on any atom is -0.391 e. The van der Waals surface area contributed by atoms with Gasteiger partial charge in [-0.3, -0.25) is 14.4 Å². The highest BCUT2D eigenvalue weighted by Gasteiger charge is 2.31. The molecule has 0 spiro atoms. The van der Waals surface area contributed by atoms with E-state index in [4.69, 9.17) is 11.6 Å². The quantitative estimate of drug-likeness (QED) is 0.632. The number of aliphatic hydroxyl groups is 1. The number of nitrogens with one attached hydrogen (secondary N) is 2. The zero-order valence-corrected chi connectivity index (χ0v) is 19.3. The third kappa shape index (κ3) is 5.64. The highest BCUT2D eigenvalue weighted by Crippen LogP contribution is 2.23. The minimum atomic E-state index is -1.17. The molecule has 0 bridgehead atoms. The second-order valence-electron chi connectivity index (χ2n) is 8.21. The third-order valence-electron chi connectivity index (χ3n) is 5.19. The fraction of sp³-hybridized carbons (Fsp3) is 0.409. The van der Waals surface area contributed by atoms with Crippen LogP contribution in [0.15, 0.2) is 30.3 Å². The maximum absolute atomic E-state index is 12.8. The van der Waals surface area contributed by atoms with Crippen molar-refractivity contribution in [1.29, 1.82) is 0 Å². The van der Waals surface area contributed by atoms with Crippen molar-refractivity contribution < 1.29 is 19.5 Å². The normalized spacial score (nSPS) is 16.7. The molecule has 1 unspecified atom stereocenters. The van der Waals surface area contributed by atoms with Gasteiger partial charge in [-0.25, -0.2) is 0 Å². The molecule has 1 aliphatic heterocycles. The van der Waals surface area contributed by atoms with Crippen LogP contribution < -0.4 is 10.6 Å². The lowest BCUT2D eigenvalue weighted by atomic mass is 10.0. The zero-order chi connectivity index (χ0) is 22.8. The second kappa shape index (κ2) is 9.38. The standard InChI is InChI=1S/C22H26ClN3O4S/c1-13-11-14(6-7-16(13)20(29)26-10-4-5-15(27)12-26)24-21(30)22(2,3)25-19(28)17-8-9-18(23)31-17/h6-9,11,15,27H,4-5,10,12H2,1-3H3,(H,24,30)(H,25,28). The van der Waals surface area contributed by atoms with Crippen LogP contribution in [0, 0.1) is 6.92 Å². The van der Waals surface area contributed by atoms with Crippen molar-refractivity contribution >= 4 is 46.3 Å². The summed E-state index contributed by atoms with van der Waals surface area (Å²) in [5.74, 6) is -0.893. The molecule has 1 saturated heterocycles. The summed E-state index contributed by atoms with van der Waals surface area (Å²) in [6.45, 7) is 5.98. The van der Waals surface area contributed by atoms with E-state index in [1.165, 1.54) is 0 Å². The van der Waals surface area contributed by atoms with Crippen LogP contribution >= 0.6 is 22.9 Å². The number of hydrogen-bond acceptors (Lipinski definition) is 5. The first-order valence-corrected chi connectivity index (χ1v) is 11.2. The summed E-state index contributed by atoms with van der Waals surface area (Å²) in [4.78, 5) is 40.0. The molecule has 1 atom stereocenters. The fourth-order valence-electron chi connectivity index (χ4n) is 3.42. The molecular formula is C22H26ClN3O4S. The molecule has 0 aliphatic carbocycles. The highest BCUT2D eigenvalue weighted by atomic mass is 35.5. The molecule has 9 heteroatoms. The molecule has 1 aliphatic rings. The number of halogens is 1. The number of nitrogens with zero attached hydrogens (tertiary/aromatic N) is 1. The Morgan fingerprint density at radius 3 is 2.58 bits per heavy atom. The number of anilines is 1. The molecule has 1 fully saturated rings. The molecule has 0 radical (unpaired) electrons. The van der Waals surface area contributed by atoms with Gasteiger partial charge in [0.15, 0.2) is 0 Å². The van der Waals surface area contributed by atoms with E-state index in [0.29, 0.717) is 40.0 Å². The molecule has 1 aromatic heterocycles. The number of β-amino-alcohol motifs (C(OH)–C–C–N with tert-alkyl or cyclic N) is 1. The second-order valence-corrected chi connectivity index (χ2v) is 9.93. The molecular weight excluding hydrogens is 438 g/mol. The number of benzene rings is 1. The van der Waals surface area contributed by atoms with E-state index < -0.39 is 11.6 Å². The Morgan fingerprint density at radius 2 is 1.97 bits per heavy atom. The summed E-state index contributed by atoms with van der Waals surface area (Å²) in [5, 5.41) is 15.3. The van der Waals surface area contributed by atoms with Crippen LogP contribution in [0.4, 0.5) is 5.69 Å². The summed E-state index contributed by atoms with van der Waals surface area (Å²) in [6.07, 6.45) is 0.997. The number of likely N-dealkylation sites (tertiary alicyclic amines) is 1. The molecule has 31 heavy (non-hydrogen) atoms. The monoisotopic (exact) mass is 463 g/mol. The predicted molar refractivity (Wildman–Crippen MR) is 122 cm³/mol. The molecule has 3 rings (SSSR count). The summed E-state index contributed by atoms with van der Waals surface area (Å²) in [5.41, 5.74) is 0.617. The van der Waals surface area contributed by atoms with Crippen LogP contribution in [0.5, 0.6) is 0 Å². The number of aliphatic hydroxyl groups excluding tert-OH is 1. The van der Waals surface area contributed by atoms with Crippen molar-refractivity contribution in [3.05, 3.63) is 50.7 Å². The van der Waals surface area contributed by atoms with E-state index in [1.54, 1.807) is 56.0 Å². The summed E-state index contributed by atoms with van der Waals surface area (Å²) in [7, 11) is 0. The maximum Gasteiger partial charge on any atom is 0.262 e. The molecule has 2 heterocycles. The largest absolute Gasteiger partial charge is 0.391 e. The number of rotatable bonds is 5. The minimum absolute atomic E-state index is 0.128. The van der Waals surface area contributed by atoms with Gasteiger partial charge in [-0.05, 0) is 69.5 Å². The van der Waals surface area contributed by atoms with Gasteiger partial charge in [-0.15, -0.1) is 11.3 Å². The van der Waals surface area contributed by atoms with Crippen LogP contribution in [0.1, 0.15) is 52.3 Å². The third-order valence-corrected chi connectivity index (χ3v) is 6.42. The highest BCUT2D eigenvalue weighted by molar-refractivity contribution is 7.18. The Bertz CT molecular complexity index is 1000. The van der Waals surface area contributed by atoms with Gasteiger partial charge in [0.2, 0.25) is 5.91 Å². The number of amides is 3. The molecule has 7 nitrogen and oxygen atoms in total. The van der Waals surface area contributed by atoms with Gasteiger partial charge in [-0.1, -0.05) is 11.6 Å². The Morgan fingerprint density at radius 1 is 1.23 bits per heavy atom. The van der Waals surface area contributed by atoms with Crippen LogP contribution in [0.2, 0.25) is 4.34 Å². The van der Waals surface area contributed by atoms with Gasteiger partial charge in [0.1, 0.15) is 5.54 Å². The number of hydrogen-bond donors (Lipinski definition) is 3. The van der Waals surface area contributed by atoms with Gasteiger partial charge in [0, 0.05) is 24.3 Å². The summed E-state index contributed by atoms with van der Waals surface area (Å²) < 4.78 is 0.497. The van der Waals surface area contributed by atoms with E-state index >= 15 is 0 Å². The van der Waals surface area contributed by atoms with Gasteiger partial charge >= 0.3 is 0 Å². The van der Waals surface area contributed by atoms with Gasteiger partial charge in [0.05, 0.1) is 15.3 Å². The van der Waals surface area contributed by atoms with Gasteiger partial charge < -0.3 is 20.6 Å². The van der Waals surface area contributed by atoms with Crippen molar-refractivity contribution in [2.45, 2.75) is 45.3 Å². The number of aryl methyl sites for hydroxylation is 1. The summed E-state index contributed by atoms with van der Waals surface area (Å²) >= 11 is 7.01. The maximum atomic E-state index is 12.8. The zero-order valence-electron chi connectivity index (χ0n) is 17.7. The first kappa shape index (κ1) is 23.2. The Kier molecular flexibility index (Phi) is 7.03. The number of thiophene rings is 1. The van der Waals surface area contributed by atoms with E-state index in [1.807, 2.05) is 0 Å². The fourth-order valence-corrected chi connectivity index (χ4v) is 4.36. The van der Waals surface area contributed by atoms with Crippen LogP contribution in [0.3, 0.4) is 0 Å². The van der Waals surface area contributed by atoms with Crippen molar-refractivity contribution in [1.82, 2.24) is 10.2 Å². The smallest absolute Gasteiger partial charge is 0.262 e. The first-order chi connectivity index (χ1) is 14.6. The Labute approximate surface area is 190 Å². The van der Waals surface area contributed by atoms with Crippen molar-refractivity contribution in [2.75, 3.05) is 18.4 Å². The van der Waals surface area contributed by atoms with E-state index in [0.717, 1.165) is 23.3 Å². The van der Waals surface area contributed by atoms with Crippen LogP contribution in [-0.4, -0.2) is 52.5 Å². The lowest BCUT2D eigenvalue weighted by Crippen LogP contribution is -2.52. The van der Waals surface area contributed by atoms with Crippen LogP contribution in [-0.2, 0) is 4.79 Å². The summed E-state index contributed by atoms with van der Waals surface area (Å²) in [6, 6.07) is 8.30. The molecule has 3 amide bonds. The van der Waals surface area contributed by atoms with Crippen molar-refractivity contribution in [3.8, 4) is 0 Å². The van der Waals surface area contributed by atoms with Crippen LogP contribution in [0.25, 0.3) is 0 Å². The number of carbonyl (C=O) groups excluding carboxylic acids is 3. The lowest BCUT2D eigenvalue weighted by molar-refractivity contribution is -0.120. The van der Waals surface area contributed by atoms with E-state index in [9.17, 15) is 19.5 Å². The Hall–Kier alpha value is -2.42. The predicted octanol–water partition coefficient (Wildman–Crippen LogP) is 3.45. The van der Waals surface area contributed by atoms with E-state index in [-0.39, 0.29) is 17.7 Å². The van der Waals surface area contributed by atoms with Gasteiger partial charge in [0.25, 0.3) is 11.8 Å². The molecule has 0 saturated carbocycles. The Balaban J connectivity index is 1.66. The average molecular weight is 464 g/mol. The molecule has 3 N–H and O–H groups in total. The van der Waals surface area contributed by atoms with Gasteiger partial charge in [-0.2, -0.15) is 0 Å². The molecule has 2 aromatic rings. The first-order valence-electron chi connectivity index (χ1n) is 10.0. The average Bonchev–Trinajstić information content (AvgIpc) is 3.14. The van der Waals surface area contributed by atoms with E-state index in [2.05, 4.69) is 10.6 Å². The van der Waals surface area contributed by atoms with Crippen molar-refractivity contribution in [2.24, 2.45) is 0 Å². The lowest BCUT2D eigenvalue weighted by Gasteiger charge is -2.30. The SMILES string of the molecule is Cc1cc(NC(=O)C(C)(C)NC(=O)c2ccc(Cl)s2)ccc1C(=O)N1CCCC(O)C1. The molecule has 166 valence electrons. The number of carbonyl (C=O) groups is 3. The van der Waals surface area contributed by atoms with Crippen molar-refractivity contribution in [3.63, 3.8) is 0 Å². The molecule has 1 aromatic carbocycles. The topological polar surface area (TPSA) is 98.7 Å². The number of piperidine rings is 1.